The largest absolute Gasteiger partial charge is 0.348 e. The van der Waals surface area contributed by atoms with Crippen LogP contribution in [0.1, 0.15) is 15.9 Å². The summed E-state index contributed by atoms with van der Waals surface area (Å²) in [4.78, 5) is 15.9. The van der Waals surface area contributed by atoms with Crippen LogP contribution in [0.4, 0.5) is 0 Å². The van der Waals surface area contributed by atoms with E-state index in [1.165, 1.54) is 0 Å². The third kappa shape index (κ3) is 3.89. The fourth-order valence-electron chi connectivity index (χ4n) is 1.86. The summed E-state index contributed by atoms with van der Waals surface area (Å²) >= 11 is 0. The van der Waals surface area contributed by atoms with Crippen LogP contribution in [0.3, 0.4) is 0 Å². The van der Waals surface area contributed by atoms with Crippen LogP contribution < -0.4 is 11.1 Å². The number of aromatic nitrogens is 1. The number of carbonyl (C=O) groups is 1. The van der Waals surface area contributed by atoms with E-state index in [0.29, 0.717) is 12.1 Å². The molecule has 0 saturated carbocycles. The zero-order valence-electron chi connectivity index (χ0n) is 10.6. The summed E-state index contributed by atoms with van der Waals surface area (Å²) in [5.74, 6) is -0.117. The average Bonchev–Trinajstić information content (AvgIpc) is 2.48. The van der Waals surface area contributed by atoms with Crippen molar-refractivity contribution in [3.63, 3.8) is 0 Å². The van der Waals surface area contributed by atoms with Gasteiger partial charge in [-0.25, -0.2) is 0 Å². The number of nitrogens with one attached hydrogen (secondary N) is 1. The minimum Gasteiger partial charge on any atom is -0.348 e. The lowest BCUT2D eigenvalue weighted by Gasteiger charge is -2.17. The summed E-state index contributed by atoms with van der Waals surface area (Å²) in [6, 6.07) is 13.3. The molecule has 1 aromatic heterocycles. The van der Waals surface area contributed by atoms with Crippen molar-refractivity contribution < 1.29 is 4.79 Å². The first-order valence-corrected chi connectivity index (χ1v) is 6.24. The van der Waals surface area contributed by atoms with Crippen molar-refractivity contribution in [2.45, 2.75) is 12.5 Å². The Morgan fingerprint density at radius 2 is 1.84 bits per heavy atom. The van der Waals surface area contributed by atoms with Crippen molar-refractivity contribution >= 4 is 5.91 Å². The Balaban J connectivity index is 1.98. The first-order chi connectivity index (χ1) is 9.29. The molecule has 4 heteroatoms. The smallest absolute Gasteiger partial charge is 0.251 e. The number of rotatable bonds is 5. The van der Waals surface area contributed by atoms with E-state index in [-0.39, 0.29) is 11.9 Å². The molecule has 2 rings (SSSR count). The lowest BCUT2D eigenvalue weighted by Crippen LogP contribution is -2.41. The van der Waals surface area contributed by atoms with Gasteiger partial charge in [-0.2, -0.15) is 0 Å². The molecule has 0 aliphatic rings. The van der Waals surface area contributed by atoms with Crippen molar-refractivity contribution in [3.8, 4) is 0 Å². The van der Waals surface area contributed by atoms with Gasteiger partial charge in [0.05, 0.1) is 0 Å². The van der Waals surface area contributed by atoms with Crippen molar-refractivity contribution in [2.24, 2.45) is 5.73 Å². The molecule has 0 radical (unpaired) electrons. The predicted molar refractivity (Wildman–Crippen MR) is 74.7 cm³/mol. The molecule has 0 saturated heterocycles. The molecule has 19 heavy (non-hydrogen) atoms. The van der Waals surface area contributed by atoms with Crippen LogP contribution in [-0.2, 0) is 6.42 Å². The highest BCUT2D eigenvalue weighted by Crippen LogP contribution is 2.04. The average molecular weight is 255 g/mol. The third-order valence-corrected chi connectivity index (χ3v) is 2.89. The Labute approximate surface area is 112 Å². The summed E-state index contributed by atoms with van der Waals surface area (Å²) in [5, 5.41) is 2.94. The van der Waals surface area contributed by atoms with Gasteiger partial charge in [0.1, 0.15) is 0 Å². The second kappa shape index (κ2) is 6.66. The van der Waals surface area contributed by atoms with Crippen molar-refractivity contribution in [1.82, 2.24) is 10.3 Å². The summed E-state index contributed by atoms with van der Waals surface area (Å²) < 4.78 is 0. The van der Waals surface area contributed by atoms with E-state index in [4.69, 9.17) is 5.73 Å². The summed E-state index contributed by atoms with van der Waals surface area (Å²) in [6.45, 7) is 0.408. The van der Waals surface area contributed by atoms with E-state index in [2.05, 4.69) is 10.3 Å². The van der Waals surface area contributed by atoms with Crippen LogP contribution in [0, 0.1) is 0 Å². The van der Waals surface area contributed by atoms with Crippen LogP contribution in [0.15, 0.2) is 54.9 Å². The number of nitrogens with two attached hydrogens (primary N) is 1. The summed E-state index contributed by atoms with van der Waals surface area (Å²) in [7, 11) is 0. The summed E-state index contributed by atoms with van der Waals surface area (Å²) in [6.07, 6.45) is 3.93. The first-order valence-electron chi connectivity index (χ1n) is 6.24. The molecule has 0 fully saturated rings. The maximum Gasteiger partial charge on any atom is 0.251 e. The van der Waals surface area contributed by atoms with Crippen LogP contribution in [0.5, 0.6) is 0 Å². The van der Waals surface area contributed by atoms with Crippen molar-refractivity contribution in [3.05, 3.63) is 66.0 Å². The zero-order valence-corrected chi connectivity index (χ0v) is 10.6. The monoisotopic (exact) mass is 255 g/mol. The van der Waals surface area contributed by atoms with Gasteiger partial charge in [0.25, 0.3) is 5.91 Å². The Bertz CT molecular complexity index is 513. The standard InChI is InChI=1S/C15H17N3O/c16-11-14(10-12-4-2-1-3-5-12)18-15(19)13-6-8-17-9-7-13/h1-9,14H,10-11,16H2,(H,18,19). The van der Waals surface area contributed by atoms with Crippen LogP contribution in [0.25, 0.3) is 0 Å². The molecule has 98 valence electrons. The second-order valence-corrected chi connectivity index (χ2v) is 4.33. The van der Waals surface area contributed by atoms with E-state index in [9.17, 15) is 4.79 Å². The van der Waals surface area contributed by atoms with E-state index in [1.807, 2.05) is 30.3 Å². The first kappa shape index (κ1) is 13.2. The number of amides is 1. The number of carbonyl (C=O) groups excluding carboxylic acids is 1. The molecule has 1 unspecified atom stereocenters. The van der Waals surface area contributed by atoms with Crippen LogP contribution in [0.2, 0.25) is 0 Å². The van der Waals surface area contributed by atoms with Crippen LogP contribution in [-0.4, -0.2) is 23.5 Å². The van der Waals surface area contributed by atoms with Crippen molar-refractivity contribution in [2.75, 3.05) is 6.54 Å². The van der Waals surface area contributed by atoms with E-state index in [0.717, 1.165) is 12.0 Å². The van der Waals surface area contributed by atoms with Gasteiger partial charge in [0, 0.05) is 30.5 Å². The van der Waals surface area contributed by atoms with E-state index < -0.39 is 0 Å². The predicted octanol–water partition coefficient (Wildman–Crippen LogP) is 1.38. The van der Waals surface area contributed by atoms with Gasteiger partial charge < -0.3 is 11.1 Å². The molecule has 1 heterocycles. The highest BCUT2D eigenvalue weighted by molar-refractivity contribution is 5.94. The van der Waals surface area contributed by atoms with E-state index >= 15 is 0 Å². The Morgan fingerprint density at radius 3 is 2.47 bits per heavy atom. The van der Waals surface area contributed by atoms with Gasteiger partial charge in [-0.3, -0.25) is 9.78 Å². The summed E-state index contributed by atoms with van der Waals surface area (Å²) in [5.41, 5.74) is 7.48. The second-order valence-electron chi connectivity index (χ2n) is 4.33. The lowest BCUT2D eigenvalue weighted by molar-refractivity contribution is 0.0938. The fourth-order valence-corrected chi connectivity index (χ4v) is 1.86. The number of pyridine rings is 1. The molecule has 2 aromatic rings. The fraction of sp³-hybridized carbons (Fsp3) is 0.200. The van der Waals surface area contributed by atoms with Crippen LogP contribution >= 0.6 is 0 Å². The third-order valence-electron chi connectivity index (χ3n) is 2.89. The molecule has 1 atom stereocenters. The van der Waals surface area contributed by atoms with E-state index in [1.54, 1.807) is 24.5 Å². The maximum absolute atomic E-state index is 12.0. The minimum atomic E-state index is -0.117. The molecule has 0 bridgehead atoms. The Morgan fingerprint density at radius 1 is 1.16 bits per heavy atom. The zero-order chi connectivity index (χ0) is 13.5. The van der Waals surface area contributed by atoms with Gasteiger partial charge in [-0.05, 0) is 24.1 Å². The quantitative estimate of drug-likeness (QED) is 0.848. The highest BCUT2D eigenvalue weighted by Gasteiger charge is 2.12. The molecule has 1 aromatic carbocycles. The number of hydrogen-bond donors (Lipinski definition) is 2. The maximum atomic E-state index is 12.0. The van der Waals surface area contributed by atoms with Crippen molar-refractivity contribution in [1.29, 1.82) is 0 Å². The molecule has 1 amide bonds. The minimum absolute atomic E-state index is 0.0666. The number of benzene rings is 1. The molecule has 0 spiro atoms. The number of hydrogen-bond acceptors (Lipinski definition) is 3. The molecule has 4 nitrogen and oxygen atoms in total. The number of nitrogens with zero attached hydrogens (tertiary/aromatic N) is 1. The SMILES string of the molecule is NCC(Cc1ccccc1)NC(=O)c1ccncc1. The lowest BCUT2D eigenvalue weighted by atomic mass is 10.1. The van der Waals surface area contributed by atoms with Gasteiger partial charge in [-0.1, -0.05) is 30.3 Å². The van der Waals surface area contributed by atoms with Gasteiger partial charge >= 0.3 is 0 Å². The van der Waals surface area contributed by atoms with Gasteiger partial charge in [0.2, 0.25) is 0 Å². The Hall–Kier alpha value is -2.20. The molecule has 0 aliphatic carbocycles. The molecular weight excluding hydrogens is 238 g/mol. The molecule has 0 aliphatic heterocycles. The Kier molecular flexibility index (Phi) is 4.64. The van der Waals surface area contributed by atoms with Gasteiger partial charge in [0.15, 0.2) is 0 Å². The normalized spacial score (nSPS) is 11.8. The topological polar surface area (TPSA) is 68.0 Å². The molecular formula is C15H17N3O. The molecule has 3 N–H and O–H groups in total. The highest BCUT2D eigenvalue weighted by atomic mass is 16.1. The van der Waals surface area contributed by atoms with Gasteiger partial charge in [-0.15, -0.1) is 0 Å².